The fraction of sp³-hybridized carbons (Fsp3) is 0.393. The molecule has 34 heavy (non-hydrogen) atoms. The van der Waals surface area contributed by atoms with Gasteiger partial charge in [0.2, 0.25) is 0 Å². The molecule has 0 aliphatic carbocycles. The number of allylic oxidation sites excluding steroid dienone is 1. The van der Waals surface area contributed by atoms with E-state index in [0.29, 0.717) is 12.0 Å². The van der Waals surface area contributed by atoms with Gasteiger partial charge in [0.25, 0.3) is 5.91 Å². The number of hydrogen-bond acceptors (Lipinski definition) is 5. The van der Waals surface area contributed by atoms with E-state index in [1.165, 1.54) is 11.1 Å². The van der Waals surface area contributed by atoms with E-state index in [-0.39, 0.29) is 18.9 Å². The topological polar surface area (TPSA) is 72.9 Å². The molecule has 6 heteroatoms. The second-order valence-corrected chi connectivity index (χ2v) is 9.31. The number of hydrogen-bond donors (Lipinski definition) is 0. The molecule has 1 heterocycles. The lowest BCUT2D eigenvalue weighted by atomic mass is 9.87. The van der Waals surface area contributed by atoms with Gasteiger partial charge in [-0.2, -0.15) is 0 Å². The van der Waals surface area contributed by atoms with Crippen molar-refractivity contribution in [3.05, 3.63) is 83.4 Å². The molecule has 0 aromatic heterocycles. The van der Waals surface area contributed by atoms with Crippen molar-refractivity contribution in [3.8, 4) is 0 Å². The van der Waals surface area contributed by atoms with Crippen LogP contribution in [0, 0.1) is 0 Å². The number of imide groups is 1. The highest BCUT2D eigenvalue weighted by Crippen LogP contribution is 2.32. The Balaban J connectivity index is 1.80. The fourth-order valence-corrected chi connectivity index (χ4v) is 4.12. The molecule has 180 valence electrons. The molecule has 2 amide bonds. The monoisotopic (exact) mass is 463 g/mol. The first-order chi connectivity index (χ1) is 16.2. The number of amides is 2. The normalized spacial score (nSPS) is 17.3. The highest BCUT2D eigenvalue weighted by molar-refractivity contribution is 6.08. The first-order valence-electron chi connectivity index (χ1n) is 11.7. The van der Waals surface area contributed by atoms with Gasteiger partial charge >= 0.3 is 12.1 Å². The zero-order chi connectivity index (χ0) is 24.7. The molecule has 6 nitrogen and oxygen atoms in total. The third-order valence-electron chi connectivity index (χ3n) is 5.62. The summed E-state index contributed by atoms with van der Waals surface area (Å²) in [4.78, 5) is 39.3. The number of nitrogens with zero attached hydrogens (tertiary/aromatic N) is 1. The van der Waals surface area contributed by atoms with Crippen molar-refractivity contribution in [1.29, 1.82) is 0 Å². The van der Waals surface area contributed by atoms with Crippen LogP contribution in [0.3, 0.4) is 0 Å². The van der Waals surface area contributed by atoms with Gasteiger partial charge in [-0.05, 0) is 51.7 Å². The second kappa shape index (κ2) is 11.1. The molecule has 1 aliphatic rings. The Bertz CT molecular complexity index is 984. The van der Waals surface area contributed by atoms with Crippen LogP contribution in [0.2, 0.25) is 0 Å². The zero-order valence-electron chi connectivity index (χ0n) is 20.3. The highest BCUT2D eigenvalue weighted by atomic mass is 16.6. The molecule has 0 spiro atoms. The molecule has 0 bridgehead atoms. The van der Waals surface area contributed by atoms with Crippen LogP contribution in [0.5, 0.6) is 0 Å². The summed E-state index contributed by atoms with van der Waals surface area (Å²) in [5.74, 6) is -0.932. The molecule has 2 aromatic carbocycles. The Morgan fingerprint density at radius 2 is 1.59 bits per heavy atom. The van der Waals surface area contributed by atoms with Crippen molar-refractivity contribution in [2.75, 3.05) is 6.61 Å². The second-order valence-electron chi connectivity index (χ2n) is 9.31. The number of ether oxygens (including phenoxy) is 2. The Kier molecular flexibility index (Phi) is 8.26. The Hall–Kier alpha value is -3.41. The summed E-state index contributed by atoms with van der Waals surface area (Å²) in [7, 11) is 0. The Morgan fingerprint density at radius 1 is 1.03 bits per heavy atom. The summed E-state index contributed by atoms with van der Waals surface area (Å²) >= 11 is 0. The van der Waals surface area contributed by atoms with Gasteiger partial charge in [-0.15, -0.1) is 0 Å². The van der Waals surface area contributed by atoms with Crippen LogP contribution in [-0.4, -0.2) is 41.1 Å². The molecule has 1 fully saturated rings. The summed E-state index contributed by atoms with van der Waals surface area (Å²) in [5, 5.41) is 0. The summed E-state index contributed by atoms with van der Waals surface area (Å²) in [6, 6.07) is 19.5. The van der Waals surface area contributed by atoms with Crippen LogP contribution in [0.1, 0.15) is 64.0 Å². The zero-order valence-corrected chi connectivity index (χ0v) is 20.3. The van der Waals surface area contributed by atoms with E-state index >= 15 is 0 Å². The molecular formula is C28H33NO5. The van der Waals surface area contributed by atoms with Crippen LogP contribution >= 0.6 is 0 Å². The van der Waals surface area contributed by atoms with Gasteiger partial charge in [0.05, 0.1) is 6.61 Å². The minimum absolute atomic E-state index is 0.123. The summed E-state index contributed by atoms with van der Waals surface area (Å²) in [6.45, 7) is 7.01. The van der Waals surface area contributed by atoms with E-state index in [2.05, 4.69) is 24.3 Å². The van der Waals surface area contributed by atoms with Crippen molar-refractivity contribution in [1.82, 2.24) is 4.90 Å². The van der Waals surface area contributed by atoms with Crippen LogP contribution in [0.4, 0.5) is 4.79 Å². The summed E-state index contributed by atoms with van der Waals surface area (Å²) < 4.78 is 10.5. The first kappa shape index (κ1) is 25.2. The molecule has 0 unspecified atom stereocenters. The van der Waals surface area contributed by atoms with Gasteiger partial charge in [-0.25, -0.2) is 14.5 Å². The smallest absolute Gasteiger partial charge is 0.418 e. The van der Waals surface area contributed by atoms with E-state index in [1.807, 2.05) is 42.5 Å². The predicted octanol–water partition coefficient (Wildman–Crippen LogP) is 5.62. The summed E-state index contributed by atoms with van der Waals surface area (Å²) in [5.41, 5.74) is 2.04. The standard InChI is InChI=1S/C28H33NO5/c1-5-33-26(31)24-19-22(25(30)29(24)27(32)34-28(2,3)4)17-12-18-23(20-13-8-6-9-14-20)21-15-10-7-11-16-21/h6-11,13-17,23-24H,5,12,18-19H2,1-4H3/t24-/m0/s1. The quantitative estimate of drug-likeness (QED) is 0.393. The van der Waals surface area contributed by atoms with Crippen molar-refractivity contribution < 1.29 is 23.9 Å². The van der Waals surface area contributed by atoms with Gasteiger partial charge in [0.15, 0.2) is 0 Å². The van der Waals surface area contributed by atoms with E-state index in [4.69, 9.17) is 9.47 Å². The minimum Gasteiger partial charge on any atom is -0.464 e. The first-order valence-corrected chi connectivity index (χ1v) is 11.7. The largest absolute Gasteiger partial charge is 0.464 e. The SMILES string of the molecule is CCOC(=O)[C@@H]1CC(=CCCC(c2ccccc2)c2ccccc2)C(=O)N1C(=O)OC(C)(C)C. The number of benzene rings is 2. The highest BCUT2D eigenvalue weighted by Gasteiger charge is 2.46. The van der Waals surface area contributed by atoms with Gasteiger partial charge in [-0.3, -0.25) is 4.79 Å². The van der Waals surface area contributed by atoms with Crippen molar-refractivity contribution >= 4 is 18.0 Å². The van der Waals surface area contributed by atoms with Gasteiger partial charge in [0.1, 0.15) is 11.6 Å². The molecular weight excluding hydrogens is 430 g/mol. The molecule has 0 N–H and O–H groups in total. The third-order valence-corrected chi connectivity index (χ3v) is 5.62. The van der Waals surface area contributed by atoms with E-state index in [1.54, 1.807) is 27.7 Å². The third kappa shape index (κ3) is 6.34. The summed E-state index contributed by atoms with van der Waals surface area (Å²) in [6.07, 6.45) is 2.54. The maximum absolute atomic E-state index is 13.1. The van der Waals surface area contributed by atoms with Crippen LogP contribution in [0.15, 0.2) is 72.3 Å². The molecule has 0 radical (unpaired) electrons. The average Bonchev–Trinajstić information content (AvgIpc) is 3.13. The Labute approximate surface area is 201 Å². The maximum Gasteiger partial charge on any atom is 0.418 e. The molecule has 3 rings (SSSR count). The van der Waals surface area contributed by atoms with Gasteiger partial charge in [-0.1, -0.05) is 66.7 Å². The lowest BCUT2D eigenvalue weighted by Gasteiger charge is -2.26. The number of rotatable bonds is 7. The fourth-order valence-electron chi connectivity index (χ4n) is 4.12. The van der Waals surface area contributed by atoms with E-state index in [9.17, 15) is 14.4 Å². The van der Waals surface area contributed by atoms with Crippen LogP contribution in [-0.2, 0) is 19.1 Å². The van der Waals surface area contributed by atoms with Crippen molar-refractivity contribution in [2.45, 2.75) is 64.5 Å². The van der Waals surface area contributed by atoms with Crippen molar-refractivity contribution in [2.24, 2.45) is 0 Å². The number of esters is 1. The van der Waals surface area contributed by atoms with Crippen molar-refractivity contribution in [3.63, 3.8) is 0 Å². The molecule has 0 saturated carbocycles. The lowest BCUT2D eigenvalue weighted by molar-refractivity contribution is -0.150. The van der Waals surface area contributed by atoms with Gasteiger partial charge in [0, 0.05) is 17.9 Å². The lowest BCUT2D eigenvalue weighted by Crippen LogP contribution is -2.46. The Morgan fingerprint density at radius 3 is 2.09 bits per heavy atom. The minimum atomic E-state index is -1.01. The van der Waals surface area contributed by atoms with E-state index in [0.717, 1.165) is 11.3 Å². The predicted molar refractivity (Wildman–Crippen MR) is 130 cm³/mol. The maximum atomic E-state index is 13.1. The van der Waals surface area contributed by atoms with E-state index < -0.39 is 29.6 Å². The molecule has 1 aliphatic heterocycles. The number of carbonyl (C=O) groups is 3. The molecule has 1 atom stereocenters. The van der Waals surface area contributed by atoms with Crippen LogP contribution < -0.4 is 0 Å². The number of carbonyl (C=O) groups excluding carboxylic acids is 3. The van der Waals surface area contributed by atoms with Crippen LogP contribution in [0.25, 0.3) is 0 Å². The average molecular weight is 464 g/mol. The molecule has 1 saturated heterocycles. The number of likely N-dealkylation sites (tertiary alicyclic amines) is 1. The van der Waals surface area contributed by atoms with Gasteiger partial charge < -0.3 is 9.47 Å². The molecule has 2 aromatic rings.